The molecule has 0 spiro atoms. The van der Waals surface area contributed by atoms with Crippen LogP contribution in [0.3, 0.4) is 0 Å². The van der Waals surface area contributed by atoms with Gasteiger partial charge in [-0.25, -0.2) is 4.98 Å². The number of para-hydroxylation sites is 1. The molecular formula is C15H12ClN3O2. The number of rotatable bonds is 3. The quantitative estimate of drug-likeness (QED) is 0.876. The molecule has 0 saturated heterocycles. The first-order chi connectivity index (χ1) is 10.2. The maximum atomic E-state index is 12.2. The fourth-order valence-corrected chi connectivity index (χ4v) is 2.30. The Morgan fingerprint density at radius 1 is 1.29 bits per heavy atom. The first-order valence-corrected chi connectivity index (χ1v) is 6.72. The molecule has 6 heteroatoms. The summed E-state index contributed by atoms with van der Waals surface area (Å²) in [4.78, 5) is 16.3. The fraction of sp³-hybridized carbons (Fsp3) is 0.133. The minimum Gasteiger partial charge on any atom is -0.496 e. The number of ether oxygens (including phenoxy) is 1. The number of hydrogen-bond donors (Lipinski definition) is 0. The van der Waals surface area contributed by atoms with Crippen molar-refractivity contribution in [2.45, 2.75) is 6.42 Å². The lowest BCUT2D eigenvalue weighted by Gasteiger charge is -2.10. The van der Waals surface area contributed by atoms with Gasteiger partial charge in [-0.2, -0.15) is 10.1 Å². The van der Waals surface area contributed by atoms with Crippen molar-refractivity contribution in [3.05, 3.63) is 53.2 Å². The van der Waals surface area contributed by atoms with Gasteiger partial charge in [0.05, 0.1) is 19.2 Å². The Morgan fingerprint density at radius 3 is 2.86 bits per heavy atom. The molecule has 2 heterocycles. The molecule has 0 aliphatic carbocycles. The number of halogens is 1. The van der Waals surface area contributed by atoms with Crippen LogP contribution in [0.1, 0.15) is 12.0 Å². The first-order valence-electron chi connectivity index (χ1n) is 6.34. The number of amides is 1. The molecule has 0 unspecified atom stereocenters. The van der Waals surface area contributed by atoms with Crippen LogP contribution in [0.15, 0.2) is 47.7 Å². The van der Waals surface area contributed by atoms with E-state index in [1.54, 1.807) is 25.4 Å². The molecule has 1 aromatic heterocycles. The molecule has 0 saturated carbocycles. The number of benzene rings is 1. The van der Waals surface area contributed by atoms with E-state index in [9.17, 15) is 4.79 Å². The lowest BCUT2D eigenvalue weighted by molar-refractivity contribution is -0.116. The molecule has 21 heavy (non-hydrogen) atoms. The number of methoxy groups -OCH3 is 1. The van der Waals surface area contributed by atoms with Crippen LogP contribution in [0.25, 0.3) is 0 Å². The summed E-state index contributed by atoms with van der Waals surface area (Å²) < 4.78 is 5.31. The Hall–Kier alpha value is -2.40. The number of anilines is 1. The second-order valence-corrected chi connectivity index (χ2v) is 4.90. The summed E-state index contributed by atoms with van der Waals surface area (Å²) in [6.07, 6.45) is 1.75. The van der Waals surface area contributed by atoms with Crippen molar-refractivity contribution >= 4 is 29.0 Å². The van der Waals surface area contributed by atoms with Crippen LogP contribution in [0.5, 0.6) is 5.75 Å². The Bertz CT molecular complexity index is 730. The minimum absolute atomic E-state index is 0.148. The second kappa shape index (κ2) is 5.54. The number of pyridine rings is 1. The van der Waals surface area contributed by atoms with Gasteiger partial charge in [0.15, 0.2) is 5.82 Å². The highest BCUT2D eigenvalue weighted by atomic mass is 35.5. The average molecular weight is 302 g/mol. The van der Waals surface area contributed by atoms with E-state index >= 15 is 0 Å². The predicted octanol–water partition coefficient (Wildman–Crippen LogP) is 2.88. The number of hydrazone groups is 1. The van der Waals surface area contributed by atoms with Crippen molar-refractivity contribution in [2.24, 2.45) is 5.10 Å². The number of hydrogen-bond acceptors (Lipinski definition) is 4. The SMILES string of the molecule is COc1ccccc1C1=NN(c2cc(Cl)ccn2)C(=O)C1. The van der Waals surface area contributed by atoms with Gasteiger partial charge in [0.1, 0.15) is 5.75 Å². The molecule has 2 aromatic rings. The van der Waals surface area contributed by atoms with Gasteiger partial charge in [-0.15, -0.1) is 0 Å². The van der Waals surface area contributed by atoms with E-state index in [1.807, 2.05) is 24.3 Å². The third kappa shape index (κ3) is 2.60. The van der Waals surface area contributed by atoms with Crippen LogP contribution in [-0.4, -0.2) is 23.7 Å². The zero-order chi connectivity index (χ0) is 14.8. The highest BCUT2D eigenvalue weighted by molar-refractivity contribution is 6.31. The molecule has 3 rings (SSSR count). The second-order valence-electron chi connectivity index (χ2n) is 4.46. The summed E-state index contributed by atoms with van der Waals surface area (Å²) in [6, 6.07) is 10.7. The Kier molecular flexibility index (Phi) is 3.58. The van der Waals surface area contributed by atoms with Crippen LogP contribution in [0, 0.1) is 0 Å². The summed E-state index contributed by atoms with van der Waals surface area (Å²) in [5.41, 5.74) is 1.46. The summed E-state index contributed by atoms with van der Waals surface area (Å²) in [5, 5.41) is 6.14. The number of carbonyl (C=O) groups is 1. The van der Waals surface area contributed by atoms with Gasteiger partial charge in [0, 0.05) is 22.8 Å². The van der Waals surface area contributed by atoms with Crippen molar-refractivity contribution in [1.29, 1.82) is 0 Å². The predicted molar refractivity (Wildman–Crippen MR) is 80.9 cm³/mol. The van der Waals surface area contributed by atoms with E-state index in [1.165, 1.54) is 5.01 Å². The molecule has 1 aliphatic rings. The minimum atomic E-state index is -0.148. The molecular weight excluding hydrogens is 290 g/mol. The molecule has 1 amide bonds. The molecule has 106 valence electrons. The smallest absolute Gasteiger partial charge is 0.254 e. The van der Waals surface area contributed by atoms with E-state index in [0.717, 1.165) is 5.56 Å². The zero-order valence-corrected chi connectivity index (χ0v) is 12.0. The van der Waals surface area contributed by atoms with Crippen LogP contribution in [0.4, 0.5) is 5.82 Å². The van der Waals surface area contributed by atoms with Crippen molar-refractivity contribution < 1.29 is 9.53 Å². The average Bonchev–Trinajstić information content (AvgIpc) is 2.89. The maximum absolute atomic E-state index is 12.2. The summed E-state index contributed by atoms with van der Waals surface area (Å²) in [5.74, 6) is 0.952. The van der Waals surface area contributed by atoms with Gasteiger partial charge in [-0.05, 0) is 18.2 Å². The van der Waals surface area contributed by atoms with Gasteiger partial charge in [0.25, 0.3) is 5.91 Å². The summed E-state index contributed by atoms with van der Waals surface area (Å²) in [6.45, 7) is 0. The van der Waals surface area contributed by atoms with Crippen LogP contribution >= 0.6 is 11.6 Å². The molecule has 0 fully saturated rings. The summed E-state index contributed by atoms with van der Waals surface area (Å²) in [7, 11) is 1.59. The van der Waals surface area contributed by atoms with E-state index in [2.05, 4.69) is 10.1 Å². The van der Waals surface area contributed by atoms with Crippen molar-refractivity contribution in [3.63, 3.8) is 0 Å². The molecule has 1 aliphatic heterocycles. The lowest BCUT2D eigenvalue weighted by atomic mass is 10.1. The normalized spacial score (nSPS) is 14.3. The molecule has 0 radical (unpaired) electrons. The monoisotopic (exact) mass is 301 g/mol. The molecule has 5 nitrogen and oxygen atoms in total. The lowest BCUT2D eigenvalue weighted by Crippen LogP contribution is -2.20. The van der Waals surface area contributed by atoms with Gasteiger partial charge in [0.2, 0.25) is 0 Å². The van der Waals surface area contributed by atoms with Gasteiger partial charge in [-0.3, -0.25) is 4.79 Å². The maximum Gasteiger partial charge on any atom is 0.254 e. The Labute approximate surface area is 126 Å². The highest BCUT2D eigenvalue weighted by Gasteiger charge is 2.28. The fourth-order valence-electron chi connectivity index (χ4n) is 2.15. The van der Waals surface area contributed by atoms with Crippen LogP contribution in [0.2, 0.25) is 5.02 Å². The summed E-state index contributed by atoms with van der Waals surface area (Å²) >= 11 is 5.93. The molecule has 0 atom stereocenters. The topological polar surface area (TPSA) is 54.8 Å². The molecule has 1 aromatic carbocycles. The zero-order valence-electron chi connectivity index (χ0n) is 11.3. The van der Waals surface area contributed by atoms with Gasteiger partial charge in [-0.1, -0.05) is 23.7 Å². The van der Waals surface area contributed by atoms with Crippen LogP contribution < -0.4 is 9.75 Å². The van der Waals surface area contributed by atoms with E-state index in [4.69, 9.17) is 16.3 Å². The van der Waals surface area contributed by atoms with E-state index in [0.29, 0.717) is 22.3 Å². The van der Waals surface area contributed by atoms with Crippen molar-refractivity contribution in [1.82, 2.24) is 4.98 Å². The van der Waals surface area contributed by atoms with Crippen molar-refractivity contribution in [3.8, 4) is 5.75 Å². The van der Waals surface area contributed by atoms with Crippen molar-refractivity contribution in [2.75, 3.05) is 12.1 Å². The molecule has 0 bridgehead atoms. The molecule has 0 N–H and O–H groups in total. The third-order valence-corrected chi connectivity index (χ3v) is 3.35. The number of aromatic nitrogens is 1. The largest absolute Gasteiger partial charge is 0.496 e. The number of nitrogens with zero attached hydrogens (tertiary/aromatic N) is 3. The van der Waals surface area contributed by atoms with Gasteiger partial charge < -0.3 is 4.74 Å². The van der Waals surface area contributed by atoms with E-state index in [-0.39, 0.29) is 12.3 Å². The Balaban J connectivity index is 1.99. The third-order valence-electron chi connectivity index (χ3n) is 3.12. The highest BCUT2D eigenvalue weighted by Crippen LogP contribution is 2.26. The number of carbonyl (C=O) groups excluding carboxylic acids is 1. The van der Waals surface area contributed by atoms with E-state index < -0.39 is 0 Å². The van der Waals surface area contributed by atoms with Crippen LogP contribution in [-0.2, 0) is 4.79 Å². The van der Waals surface area contributed by atoms with Gasteiger partial charge >= 0.3 is 0 Å². The Morgan fingerprint density at radius 2 is 2.10 bits per heavy atom. The first kappa shape index (κ1) is 13.6. The standard InChI is InChI=1S/C15H12ClN3O2/c1-21-13-5-3-2-4-11(13)12-9-15(20)19(18-12)14-8-10(16)6-7-17-14/h2-8H,9H2,1H3.